The smallest absolute Gasteiger partial charge is 0.316 e. The van der Waals surface area contributed by atoms with E-state index < -0.39 is 0 Å². The van der Waals surface area contributed by atoms with Crippen molar-refractivity contribution in [2.45, 2.75) is 45.2 Å². The van der Waals surface area contributed by atoms with Gasteiger partial charge in [0.15, 0.2) is 0 Å². The number of hydrogen-bond acceptors (Lipinski definition) is 4. The summed E-state index contributed by atoms with van der Waals surface area (Å²) in [6.45, 7) is 9.13. The van der Waals surface area contributed by atoms with Crippen LogP contribution in [0, 0.1) is 6.92 Å². The highest BCUT2D eigenvalue weighted by atomic mass is 16.2. The molecule has 0 bridgehead atoms. The molecule has 0 saturated carbocycles. The van der Waals surface area contributed by atoms with Crippen LogP contribution in [0.1, 0.15) is 32.5 Å². The molecule has 104 valence electrons. The molecule has 1 atom stereocenters. The van der Waals surface area contributed by atoms with E-state index in [1.54, 1.807) is 6.92 Å². The van der Waals surface area contributed by atoms with Crippen molar-refractivity contribution in [3.8, 4) is 0 Å². The number of aromatic nitrogens is 3. The molecule has 6 nitrogen and oxygen atoms in total. The number of hydrogen-bond donors (Lipinski definition) is 0. The van der Waals surface area contributed by atoms with Crippen LogP contribution in [0.4, 0.5) is 4.79 Å². The van der Waals surface area contributed by atoms with E-state index in [4.69, 9.17) is 0 Å². The quantitative estimate of drug-likeness (QED) is 0.761. The zero-order valence-corrected chi connectivity index (χ0v) is 11.8. The Morgan fingerprint density at radius 2 is 2.11 bits per heavy atom. The average molecular weight is 263 g/mol. The van der Waals surface area contributed by atoms with E-state index in [1.807, 2.05) is 4.90 Å². The van der Waals surface area contributed by atoms with Gasteiger partial charge in [0, 0.05) is 25.7 Å². The molecule has 0 unspecified atom stereocenters. The predicted molar refractivity (Wildman–Crippen MR) is 70.9 cm³/mol. The van der Waals surface area contributed by atoms with Gasteiger partial charge in [-0.25, -0.2) is 9.78 Å². The summed E-state index contributed by atoms with van der Waals surface area (Å²) < 4.78 is 1.37. The number of carbonyl (C=O) groups excluding carboxylic acids is 1. The van der Waals surface area contributed by atoms with Crippen molar-refractivity contribution in [3.05, 3.63) is 12.2 Å². The van der Waals surface area contributed by atoms with Crippen molar-refractivity contribution < 1.29 is 4.79 Å². The van der Waals surface area contributed by atoms with E-state index in [9.17, 15) is 4.79 Å². The lowest BCUT2D eigenvalue weighted by atomic mass is 9.84. The van der Waals surface area contributed by atoms with Crippen LogP contribution in [-0.2, 0) is 0 Å². The maximum absolute atomic E-state index is 12.4. The number of rotatable bonds is 1. The second kappa shape index (κ2) is 4.30. The first-order chi connectivity index (χ1) is 9.02. The Balaban J connectivity index is 1.75. The third-order valence-corrected chi connectivity index (χ3v) is 4.50. The lowest BCUT2D eigenvalue weighted by Gasteiger charge is -2.50. The maximum atomic E-state index is 12.4. The Morgan fingerprint density at radius 3 is 2.58 bits per heavy atom. The summed E-state index contributed by atoms with van der Waals surface area (Å²) in [5, 5.41) is 4.12. The molecular weight excluding hydrogens is 242 g/mol. The molecule has 0 radical (unpaired) electrons. The van der Waals surface area contributed by atoms with E-state index in [0.29, 0.717) is 11.9 Å². The average Bonchev–Trinajstić information content (AvgIpc) is 2.94. The van der Waals surface area contributed by atoms with E-state index >= 15 is 0 Å². The predicted octanol–water partition coefficient (Wildman–Crippen LogP) is 1.11. The Hall–Kier alpha value is -1.43. The summed E-state index contributed by atoms with van der Waals surface area (Å²) in [5.74, 6) is 0.637. The summed E-state index contributed by atoms with van der Waals surface area (Å²) in [5.41, 5.74) is 0.0429. The van der Waals surface area contributed by atoms with E-state index in [1.165, 1.54) is 11.0 Å². The molecule has 3 heterocycles. The SMILES string of the molecule is Cc1ncn(C(=O)N2CC[C@@]23CCN(C(C)C)C3)n1. The van der Waals surface area contributed by atoms with Gasteiger partial charge in [0.1, 0.15) is 12.2 Å². The zero-order chi connectivity index (χ0) is 13.6. The van der Waals surface area contributed by atoms with Crippen LogP contribution in [0.25, 0.3) is 0 Å². The van der Waals surface area contributed by atoms with Crippen molar-refractivity contribution in [3.63, 3.8) is 0 Å². The second-order valence-corrected chi connectivity index (χ2v) is 5.96. The van der Waals surface area contributed by atoms with Crippen molar-refractivity contribution in [1.82, 2.24) is 24.6 Å². The van der Waals surface area contributed by atoms with Gasteiger partial charge in [0.2, 0.25) is 0 Å². The molecular formula is C13H21N5O. The number of aryl methyl sites for hydroxylation is 1. The summed E-state index contributed by atoms with van der Waals surface area (Å²) in [6.07, 6.45) is 3.69. The molecule has 1 aromatic heterocycles. The molecule has 1 aromatic rings. The first-order valence-electron chi connectivity index (χ1n) is 6.96. The molecule has 0 N–H and O–H groups in total. The van der Waals surface area contributed by atoms with Gasteiger partial charge >= 0.3 is 6.03 Å². The van der Waals surface area contributed by atoms with Crippen LogP contribution in [-0.4, -0.2) is 61.8 Å². The number of amides is 1. The van der Waals surface area contributed by atoms with Gasteiger partial charge in [-0.1, -0.05) is 0 Å². The van der Waals surface area contributed by atoms with Gasteiger partial charge in [-0.05, 0) is 33.6 Å². The fraction of sp³-hybridized carbons (Fsp3) is 0.769. The minimum absolute atomic E-state index is 0.0301. The zero-order valence-electron chi connectivity index (χ0n) is 11.8. The Labute approximate surface area is 113 Å². The summed E-state index contributed by atoms with van der Waals surface area (Å²) >= 11 is 0. The molecule has 2 fully saturated rings. The monoisotopic (exact) mass is 263 g/mol. The first kappa shape index (κ1) is 12.6. The Morgan fingerprint density at radius 1 is 1.37 bits per heavy atom. The Kier molecular flexibility index (Phi) is 2.85. The third kappa shape index (κ3) is 1.94. The second-order valence-electron chi connectivity index (χ2n) is 5.96. The fourth-order valence-electron chi connectivity index (χ4n) is 3.15. The van der Waals surface area contributed by atoms with E-state index in [0.717, 1.165) is 32.5 Å². The van der Waals surface area contributed by atoms with Crippen molar-refractivity contribution in [1.29, 1.82) is 0 Å². The van der Waals surface area contributed by atoms with Crippen molar-refractivity contribution >= 4 is 6.03 Å². The van der Waals surface area contributed by atoms with E-state index in [-0.39, 0.29) is 11.6 Å². The first-order valence-corrected chi connectivity index (χ1v) is 6.96. The number of likely N-dealkylation sites (tertiary alicyclic amines) is 2. The lowest BCUT2D eigenvalue weighted by Crippen LogP contribution is -2.64. The molecule has 6 heteroatoms. The minimum Gasteiger partial charge on any atom is -0.316 e. The van der Waals surface area contributed by atoms with Crippen LogP contribution in [0.3, 0.4) is 0 Å². The Bertz CT molecular complexity index is 497. The fourth-order valence-corrected chi connectivity index (χ4v) is 3.15. The van der Waals surface area contributed by atoms with E-state index in [2.05, 4.69) is 28.8 Å². The molecule has 2 aliphatic heterocycles. The minimum atomic E-state index is -0.0301. The number of nitrogens with zero attached hydrogens (tertiary/aromatic N) is 5. The van der Waals surface area contributed by atoms with Gasteiger partial charge < -0.3 is 4.90 Å². The number of carbonyl (C=O) groups is 1. The van der Waals surface area contributed by atoms with Gasteiger partial charge in [-0.15, -0.1) is 5.10 Å². The molecule has 2 saturated heterocycles. The molecule has 2 aliphatic rings. The highest BCUT2D eigenvalue weighted by molar-refractivity contribution is 5.77. The van der Waals surface area contributed by atoms with Crippen LogP contribution < -0.4 is 0 Å². The van der Waals surface area contributed by atoms with Gasteiger partial charge in [-0.2, -0.15) is 4.68 Å². The van der Waals surface area contributed by atoms with Gasteiger partial charge in [-0.3, -0.25) is 4.90 Å². The molecule has 3 rings (SSSR count). The van der Waals surface area contributed by atoms with Crippen molar-refractivity contribution in [2.24, 2.45) is 0 Å². The highest BCUT2D eigenvalue weighted by Gasteiger charge is 2.52. The van der Waals surface area contributed by atoms with Crippen molar-refractivity contribution in [2.75, 3.05) is 19.6 Å². The highest BCUT2D eigenvalue weighted by Crippen LogP contribution is 2.39. The van der Waals surface area contributed by atoms with Crippen LogP contribution >= 0.6 is 0 Å². The largest absolute Gasteiger partial charge is 0.346 e. The molecule has 1 amide bonds. The maximum Gasteiger partial charge on any atom is 0.346 e. The third-order valence-electron chi connectivity index (χ3n) is 4.50. The molecule has 19 heavy (non-hydrogen) atoms. The standard InChI is InChI=1S/C13H21N5O/c1-10(2)16-6-4-13(8-16)5-7-17(13)12(19)18-9-14-11(3)15-18/h9-10H,4-8H2,1-3H3/t13-/m1/s1. The summed E-state index contributed by atoms with van der Waals surface area (Å²) in [7, 11) is 0. The lowest BCUT2D eigenvalue weighted by molar-refractivity contribution is 0.0275. The van der Waals surface area contributed by atoms with Crippen LogP contribution in [0.15, 0.2) is 6.33 Å². The van der Waals surface area contributed by atoms with Crippen LogP contribution in [0.2, 0.25) is 0 Å². The van der Waals surface area contributed by atoms with Gasteiger partial charge in [0.05, 0.1) is 5.54 Å². The molecule has 0 aromatic carbocycles. The van der Waals surface area contributed by atoms with Crippen LogP contribution in [0.5, 0.6) is 0 Å². The summed E-state index contributed by atoms with van der Waals surface area (Å²) in [6, 6.07) is 0.517. The summed E-state index contributed by atoms with van der Waals surface area (Å²) in [4.78, 5) is 20.9. The topological polar surface area (TPSA) is 54.3 Å². The normalized spacial score (nSPS) is 27.3. The molecule has 0 aliphatic carbocycles. The van der Waals surface area contributed by atoms with Gasteiger partial charge in [0.25, 0.3) is 0 Å². The molecule has 1 spiro atoms.